The van der Waals surface area contributed by atoms with E-state index < -0.39 is 5.60 Å². The Balaban J connectivity index is 2.42. The lowest BCUT2D eigenvalue weighted by atomic mass is 9.83. The van der Waals surface area contributed by atoms with Crippen molar-refractivity contribution in [1.82, 2.24) is 4.90 Å². The van der Waals surface area contributed by atoms with Crippen LogP contribution in [0.3, 0.4) is 0 Å². The first-order valence-corrected chi connectivity index (χ1v) is 8.65. The standard InChI is InChI=1S/C21H25FN2O2/c1-24(2)11-3-10-21(26,13-16-4-7-19(22)8-5-16)20-9-6-17(14-23)12-18(20)15-25/h4,6-9,12-13,25-26H,3,5,10-11,15H2,1-2H3. The molecule has 1 atom stereocenters. The fourth-order valence-electron chi connectivity index (χ4n) is 3.12. The first-order valence-electron chi connectivity index (χ1n) is 8.65. The van der Waals surface area contributed by atoms with Gasteiger partial charge < -0.3 is 15.1 Å². The molecule has 0 aromatic heterocycles. The topological polar surface area (TPSA) is 67.5 Å². The molecule has 2 N–H and O–H groups in total. The molecule has 1 aliphatic rings. The highest BCUT2D eigenvalue weighted by Gasteiger charge is 2.29. The summed E-state index contributed by atoms with van der Waals surface area (Å²) in [5, 5.41) is 30.3. The van der Waals surface area contributed by atoms with Gasteiger partial charge in [0.2, 0.25) is 0 Å². The van der Waals surface area contributed by atoms with Crippen LogP contribution in [0.5, 0.6) is 0 Å². The number of allylic oxidation sites excluding steroid dienone is 5. The summed E-state index contributed by atoms with van der Waals surface area (Å²) >= 11 is 0. The Morgan fingerprint density at radius 1 is 1.35 bits per heavy atom. The number of aliphatic hydroxyl groups is 2. The molecule has 0 spiro atoms. The summed E-state index contributed by atoms with van der Waals surface area (Å²) in [5.74, 6) is -0.285. The van der Waals surface area contributed by atoms with Gasteiger partial charge in [-0.05, 0) is 87.0 Å². The second kappa shape index (κ2) is 8.91. The lowest BCUT2D eigenvalue weighted by Gasteiger charge is -2.29. The van der Waals surface area contributed by atoms with Crippen LogP contribution in [0.25, 0.3) is 0 Å². The summed E-state index contributed by atoms with van der Waals surface area (Å²) in [6, 6.07) is 6.98. The van der Waals surface area contributed by atoms with E-state index in [9.17, 15) is 14.6 Å². The van der Waals surface area contributed by atoms with Gasteiger partial charge in [-0.3, -0.25) is 0 Å². The Morgan fingerprint density at radius 2 is 2.12 bits per heavy atom. The first-order chi connectivity index (χ1) is 12.4. The van der Waals surface area contributed by atoms with Gasteiger partial charge in [0, 0.05) is 0 Å². The minimum absolute atomic E-state index is 0.269. The number of benzene rings is 1. The highest BCUT2D eigenvalue weighted by molar-refractivity contribution is 5.44. The van der Waals surface area contributed by atoms with E-state index in [4.69, 9.17) is 5.26 Å². The van der Waals surface area contributed by atoms with Crippen molar-refractivity contribution in [2.24, 2.45) is 0 Å². The summed E-state index contributed by atoms with van der Waals surface area (Å²) in [5.41, 5.74) is 1.04. The molecule has 0 saturated heterocycles. The number of halogens is 1. The van der Waals surface area contributed by atoms with E-state index in [2.05, 4.69) is 0 Å². The Kier molecular flexibility index (Phi) is 6.87. The number of aliphatic hydroxyl groups excluding tert-OH is 1. The number of hydrogen-bond donors (Lipinski definition) is 2. The van der Waals surface area contributed by atoms with Crippen molar-refractivity contribution in [3.63, 3.8) is 0 Å². The summed E-state index contributed by atoms with van der Waals surface area (Å²) < 4.78 is 13.2. The maximum absolute atomic E-state index is 13.2. The van der Waals surface area contributed by atoms with Crippen LogP contribution in [0.2, 0.25) is 0 Å². The van der Waals surface area contributed by atoms with Gasteiger partial charge in [-0.25, -0.2) is 4.39 Å². The molecule has 1 aromatic carbocycles. The zero-order valence-electron chi connectivity index (χ0n) is 15.2. The number of nitriles is 1. The molecule has 0 saturated carbocycles. The van der Waals surface area contributed by atoms with Gasteiger partial charge >= 0.3 is 0 Å². The second-order valence-electron chi connectivity index (χ2n) is 6.82. The molecular weight excluding hydrogens is 331 g/mol. The normalized spacial score (nSPS) is 17.9. The van der Waals surface area contributed by atoms with Crippen molar-refractivity contribution in [2.45, 2.75) is 31.5 Å². The van der Waals surface area contributed by atoms with E-state index in [1.807, 2.05) is 25.1 Å². The van der Waals surface area contributed by atoms with E-state index in [0.29, 0.717) is 29.5 Å². The quantitative estimate of drug-likeness (QED) is 0.786. The van der Waals surface area contributed by atoms with Crippen LogP contribution >= 0.6 is 0 Å². The Bertz CT molecular complexity index is 775. The smallest absolute Gasteiger partial charge is 0.119 e. The predicted octanol–water partition coefficient (Wildman–Crippen LogP) is 3.32. The molecule has 5 heteroatoms. The molecule has 0 radical (unpaired) electrons. The molecule has 0 aliphatic heterocycles. The van der Waals surface area contributed by atoms with Gasteiger partial charge in [0.1, 0.15) is 11.4 Å². The second-order valence-corrected chi connectivity index (χ2v) is 6.82. The van der Waals surface area contributed by atoms with Crippen LogP contribution in [-0.2, 0) is 12.2 Å². The largest absolute Gasteiger partial charge is 0.392 e. The SMILES string of the molecule is CN(C)CCCC(O)(C=C1C=CC(F)=CC1)c1ccc(C#N)cc1CO. The molecule has 1 unspecified atom stereocenters. The number of rotatable bonds is 7. The molecule has 0 fully saturated rings. The maximum atomic E-state index is 13.2. The Hall–Kier alpha value is -2.26. The van der Waals surface area contributed by atoms with Crippen molar-refractivity contribution < 1.29 is 14.6 Å². The fraction of sp³-hybridized carbons (Fsp3) is 0.381. The van der Waals surface area contributed by atoms with E-state index in [-0.39, 0.29) is 12.4 Å². The molecule has 2 rings (SSSR count). The van der Waals surface area contributed by atoms with Crippen LogP contribution in [0.15, 0.2) is 53.9 Å². The van der Waals surface area contributed by atoms with Gasteiger partial charge in [0.15, 0.2) is 0 Å². The first kappa shape index (κ1) is 20.1. The van der Waals surface area contributed by atoms with E-state index in [1.165, 1.54) is 12.2 Å². The molecular formula is C21H25FN2O2. The number of nitrogens with zero attached hydrogens (tertiary/aromatic N) is 2. The molecule has 0 amide bonds. The average molecular weight is 356 g/mol. The van der Waals surface area contributed by atoms with E-state index in [0.717, 1.165) is 18.5 Å². The zero-order chi connectivity index (χ0) is 19.2. The monoisotopic (exact) mass is 356 g/mol. The molecule has 4 nitrogen and oxygen atoms in total. The average Bonchev–Trinajstić information content (AvgIpc) is 2.62. The third-order valence-electron chi connectivity index (χ3n) is 4.45. The van der Waals surface area contributed by atoms with E-state index >= 15 is 0 Å². The maximum Gasteiger partial charge on any atom is 0.119 e. The van der Waals surface area contributed by atoms with Crippen LogP contribution in [0, 0.1) is 11.3 Å². The van der Waals surface area contributed by atoms with Gasteiger partial charge in [0.25, 0.3) is 0 Å². The van der Waals surface area contributed by atoms with Crippen molar-refractivity contribution in [3.8, 4) is 6.07 Å². The molecule has 26 heavy (non-hydrogen) atoms. The highest BCUT2D eigenvalue weighted by Crippen LogP contribution is 2.34. The van der Waals surface area contributed by atoms with Crippen LogP contribution in [0.4, 0.5) is 4.39 Å². The molecule has 1 aromatic rings. The lowest BCUT2D eigenvalue weighted by Crippen LogP contribution is -2.27. The summed E-state index contributed by atoms with van der Waals surface area (Å²) in [7, 11) is 3.94. The van der Waals surface area contributed by atoms with Gasteiger partial charge in [-0.2, -0.15) is 5.26 Å². The van der Waals surface area contributed by atoms with Gasteiger partial charge in [-0.15, -0.1) is 0 Å². The Labute approximate surface area is 154 Å². The van der Waals surface area contributed by atoms with Crippen molar-refractivity contribution in [2.75, 3.05) is 20.6 Å². The summed E-state index contributed by atoms with van der Waals surface area (Å²) in [6.45, 7) is 0.537. The molecule has 0 bridgehead atoms. The fourth-order valence-corrected chi connectivity index (χ4v) is 3.12. The Morgan fingerprint density at radius 3 is 2.69 bits per heavy atom. The summed E-state index contributed by atoms with van der Waals surface area (Å²) in [4.78, 5) is 2.04. The van der Waals surface area contributed by atoms with Crippen molar-refractivity contribution in [1.29, 1.82) is 5.26 Å². The highest BCUT2D eigenvalue weighted by atomic mass is 19.1. The third kappa shape index (κ3) is 5.12. The molecule has 0 heterocycles. The lowest BCUT2D eigenvalue weighted by molar-refractivity contribution is 0.0716. The summed E-state index contributed by atoms with van der Waals surface area (Å²) in [6.07, 6.45) is 7.85. The van der Waals surface area contributed by atoms with Crippen LogP contribution < -0.4 is 0 Å². The van der Waals surface area contributed by atoms with Crippen LogP contribution in [0.1, 0.15) is 36.0 Å². The zero-order valence-corrected chi connectivity index (χ0v) is 15.2. The van der Waals surface area contributed by atoms with Gasteiger partial charge in [0.05, 0.1) is 18.2 Å². The molecule has 1 aliphatic carbocycles. The molecule has 138 valence electrons. The van der Waals surface area contributed by atoms with E-state index in [1.54, 1.807) is 30.4 Å². The minimum atomic E-state index is -1.30. The van der Waals surface area contributed by atoms with Gasteiger partial charge in [-0.1, -0.05) is 12.1 Å². The van der Waals surface area contributed by atoms with Crippen molar-refractivity contribution in [3.05, 3.63) is 70.6 Å². The predicted molar refractivity (Wildman–Crippen MR) is 99.8 cm³/mol. The third-order valence-corrected chi connectivity index (χ3v) is 4.45. The number of hydrogen-bond acceptors (Lipinski definition) is 4. The van der Waals surface area contributed by atoms with Crippen molar-refractivity contribution >= 4 is 0 Å². The minimum Gasteiger partial charge on any atom is -0.392 e. The van der Waals surface area contributed by atoms with Crippen LogP contribution in [-0.4, -0.2) is 35.8 Å².